The molecule has 122 valence electrons. The average molecular weight is 315 g/mol. The van der Waals surface area contributed by atoms with Crippen LogP contribution in [0, 0.1) is 0 Å². The molecule has 1 aromatic heterocycles. The van der Waals surface area contributed by atoms with Gasteiger partial charge in [-0.3, -0.25) is 9.48 Å². The number of hydrogen-bond donors (Lipinski definition) is 0. The summed E-state index contributed by atoms with van der Waals surface area (Å²) in [5.74, 6) is 1.53. The topological polar surface area (TPSA) is 56.6 Å². The van der Waals surface area contributed by atoms with E-state index in [0.717, 1.165) is 17.9 Å². The lowest BCUT2D eigenvalue weighted by molar-refractivity contribution is -0.133. The Morgan fingerprint density at radius 3 is 2.91 bits per heavy atom. The van der Waals surface area contributed by atoms with E-state index in [0.29, 0.717) is 19.7 Å². The highest BCUT2D eigenvalue weighted by Crippen LogP contribution is 2.31. The molecule has 0 spiro atoms. The zero-order valence-electron chi connectivity index (χ0n) is 13.2. The Labute approximate surface area is 135 Å². The van der Waals surface area contributed by atoms with Gasteiger partial charge in [-0.1, -0.05) is 19.1 Å². The first-order chi connectivity index (χ1) is 11.3. The third kappa shape index (κ3) is 3.83. The highest BCUT2D eigenvalue weighted by molar-refractivity contribution is 5.75. The fraction of sp³-hybridized carbons (Fsp3) is 0.412. The molecule has 0 saturated carbocycles. The summed E-state index contributed by atoms with van der Waals surface area (Å²) in [5, 5.41) is 4.09. The largest absolute Gasteiger partial charge is 0.486 e. The molecule has 1 unspecified atom stereocenters. The van der Waals surface area contributed by atoms with Crippen LogP contribution in [0.4, 0.5) is 0 Å². The highest BCUT2D eigenvalue weighted by atomic mass is 16.6. The van der Waals surface area contributed by atoms with E-state index in [1.54, 1.807) is 17.1 Å². The Bertz CT molecular complexity index is 642. The molecule has 6 heteroatoms. The molecule has 0 bridgehead atoms. The van der Waals surface area contributed by atoms with Crippen LogP contribution >= 0.6 is 0 Å². The molecule has 3 rings (SSSR count). The number of amides is 1. The van der Waals surface area contributed by atoms with E-state index in [1.165, 1.54) is 0 Å². The Morgan fingerprint density at radius 1 is 1.35 bits per heavy atom. The summed E-state index contributed by atoms with van der Waals surface area (Å²) in [7, 11) is 0. The normalized spacial score (nSPS) is 16.1. The molecule has 2 heterocycles. The minimum absolute atomic E-state index is 0.0398. The first kappa shape index (κ1) is 15.4. The molecule has 0 N–H and O–H groups in total. The van der Waals surface area contributed by atoms with Crippen molar-refractivity contribution in [1.82, 2.24) is 14.7 Å². The van der Waals surface area contributed by atoms with Crippen LogP contribution in [0.2, 0.25) is 0 Å². The summed E-state index contributed by atoms with van der Waals surface area (Å²) in [5.41, 5.74) is 0. The van der Waals surface area contributed by atoms with Gasteiger partial charge in [0.1, 0.15) is 13.2 Å². The van der Waals surface area contributed by atoms with E-state index in [1.807, 2.05) is 35.2 Å². The Morgan fingerprint density at radius 2 is 2.17 bits per heavy atom. The molecule has 23 heavy (non-hydrogen) atoms. The van der Waals surface area contributed by atoms with E-state index < -0.39 is 0 Å². The maximum atomic E-state index is 12.5. The number of carbonyl (C=O) groups excluding carboxylic acids is 1. The second kappa shape index (κ2) is 7.17. The van der Waals surface area contributed by atoms with Crippen molar-refractivity contribution in [3.8, 4) is 11.5 Å². The molecule has 1 atom stereocenters. The monoisotopic (exact) mass is 315 g/mol. The van der Waals surface area contributed by atoms with E-state index in [-0.39, 0.29) is 18.6 Å². The number of para-hydroxylation sites is 2. The van der Waals surface area contributed by atoms with Crippen LogP contribution in [-0.4, -0.2) is 46.4 Å². The third-order valence-electron chi connectivity index (χ3n) is 3.69. The predicted octanol–water partition coefficient (Wildman–Crippen LogP) is 1.96. The Balaban J connectivity index is 1.62. The molecule has 1 aromatic carbocycles. The summed E-state index contributed by atoms with van der Waals surface area (Å²) in [6.07, 6.45) is 4.21. The summed E-state index contributed by atoms with van der Waals surface area (Å²) >= 11 is 0. The minimum Gasteiger partial charge on any atom is -0.486 e. The number of hydrogen-bond acceptors (Lipinski definition) is 4. The van der Waals surface area contributed by atoms with Gasteiger partial charge in [0.25, 0.3) is 0 Å². The minimum atomic E-state index is -0.155. The standard InChI is InChI=1S/C17H21N3O3/c1-2-9-19(17(21)12-20-10-5-8-18-20)11-14-13-22-15-6-3-4-7-16(15)23-14/h3-8,10,14H,2,9,11-13H2,1H3. The van der Waals surface area contributed by atoms with Crippen molar-refractivity contribution in [3.05, 3.63) is 42.7 Å². The molecule has 1 aliphatic rings. The first-order valence-corrected chi connectivity index (χ1v) is 7.90. The smallest absolute Gasteiger partial charge is 0.244 e. The quantitative estimate of drug-likeness (QED) is 0.818. The number of carbonyl (C=O) groups is 1. The van der Waals surface area contributed by atoms with Crippen molar-refractivity contribution in [2.75, 3.05) is 19.7 Å². The summed E-state index contributed by atoms with van der Waals surface area (Å²) in [6, 6.07) is 9.42. The van der Waals surface area contributed by atoms with E-state index in [4.69, 9.17) is 9.47 Å². The van der Waals surface area contributed by atoms with Crippen LogP contribution in [0.5, 0.6) is 11.5 Å². The predicted molar refractivity (Wildman–Crippen MR) is 85.5 cm³/mol. The van der Waals surface area contributed by atoms with E-state index in [9.17, 15) is 4.79 Å². The van der Waals surface area contributed by atoms with Crippen molar-refractivity contribution in [2.45, 2.75) is 26.0 Å². The number of aromatic nitrogens is 2. The van der Waals surface area contributed by atoms with Gasteiger partial charge in [0.05, 0.1) is 6.54 Å². The van der Waals surface area contributed by atoms with Crippen LogP contribution < -0.4 is 9.47 Å². The average Bonchev–Trinajstić information content (AvgIpc) is 3.07. The van der Waals surface area contributed by atoms with Crippen molar-refractivity contribution in [3.63, 3.8) is 0 Å². The summed E-state index contributed by atoms with van der Waals surface area (Å²) < 4.78 is 13.3. The number of rotatable bonds is 6. The lowest BCUT2D eigenvalue weighted by atomic mass is 10.2. The zero-order valence-corrected chi connectivity index (χ0v) is 13.2. The fourth-order valence-electron chi connectivity index (χ4n) is 2.62. The van der Waals surface area contributed by atoms with Gasteiger partial charge in [-0.05, 0) is 24.6 Å². The summed E-state index contributed by atoms with van der Waals surface area (Å²) in [6.45, 7) is 3.97. The molecule has 0 aliphatic carbocycles. The Hall–Kier alpha value is -2.50. The van der Waals surface area contributed by atoms with Gasteiger partial charge in [0.2, 0.25) is 5.91 Å². The van der Waals surface area contributed by atoms with E-state index >= 15 is 0 Å². The molecule has 2 aromatic rings. The third-order valence-corrected chi connectivity index (χ3v) is 3.69. The van der Waals surface area contributed by atoms with Crippen molar-refractivity contribution >= 4 is 5.91 Å². The number of nitrogens with zero attached hydrogens (tertiary/aromatic N) is 3. The molecule has 1 aliphatic heterocycles. The molecular formula is C17H21N3O3. The zero-order chi connectivity index (χ0) is 16.1. The fourth-order valence-corrected chi connectivity index (χ4v) is 2.62. The van der Waals surface area contributed by atoms with Gasteiger partial charge in [-0.15, -0.1) is 0 Å². The van der Waals surface area contributed by atoms with E-state index in [2.05, 4.69) is 12.0 Å². The van der Waals surface area contributed by atoms with Gasteiger partial charge in [-0.25, -0.2) is 0 Å². The van der Waals surface area contributed by atoms with Crippen LogP contribution in [0.1, 0.15) is 13.3 Å². The van der Waals surface area contributed by atoms with Gasteiger partial charge in [0, 0.05) is 18.9 Å². The van der Waals surface area contributed by atoms with Gasteiger partial charge in [0.15, 0.2) is 17.6 Å². The van der Waals surface area contributed by atoms with Gasteiger partial charge < -0.3 is 14.4 Å². The number of fused-ring (bicyclic) bond motifs is 1. The lowest BCUT2D eigenvalue weighted by Crippen LogP contribution is -2.45. The molecule has 1 amide bonds. The second-order valence-corrected chi connectivity index (χ2v) is 5.54. The Kier molecular flexibility index (Phi) is 4.80. The number of ether oxygens (including phenoxy) is 2. The molecule has 0 radical (unpaired) electrons. The SMILES string of the molecule is CCCN(CC1COc2ccccc2O1)C(=O)Cn1cccn1. The van der Waals surface area contributed by atoms with Crippen molar-refractivity contribution < 1.29 is 14.3 Å². The van der Waals surface area contributed by atoms with Gasteiger partial charge >= 0.3 is 0 Å². The number of benzene rings is 1. The first-order valence-electron chi connectivity index (χ1n) is 7.90. The van der Waals surface area contributed by atoms with Crippen LogP contribution in [0.15, 0.2) is 42.7 Å². The van der Waals surface area contributed by atoms with Crippen LogP contribution in [-0.2, 0) is 11.3 Å². The highest BCUT2D eigenvalue weighted by Gasteiger charge is 2.25. The van der Waals surface area contributed by atoms with Crippen LogP contribution in [0.25, 0.3) is 0 Å². The maximum absolute atomic E-state index is 12.5. The summed E-state index contributed by atoms with van der Waals surface area (Å²) in [4.78, 5) is 14.3. The van der Waals surface area contributed by atoms with Crippen molar-refractivity contribution in [2.24, 2.45) is 0 Å². The van der Waals surface area contributed by atoms with Crippen molar-refractivity contribution in [1.29, 1.82) is 0 Å². The molecule has 0 saturated heterocycles. The lowest BCUT2D eigenvalue weighted by Gasteiger charge is -2.31. The molecule has 0 fully saturated rings. The van der Waals surface area contributed by atoms with Crippen LogP contribution in [0.3, 0.4) is 0 Å². The van der Waals surface area contributed by atoms with Gasteiger partial charge in [-0.2, -0.15) is 5.10 Å². The molecular weight excluding hydrogens is 294 g/mol. The maximum Gasteiger partial charge on any atom is 0.244 e. The second-order valence-electron chi connectivity index (χ2n) is 5.54. The molecule has 6 nitrogen and oxygen atoms in total.